The van der Waals surface area contributed by atoms with Gasteiger partial charge in [-0.3, -0.25) is 4.79 Å². The van der Waals surface area contributed by atoms with Crippen LogP contribution in [0.3, 0.4) is 0 Å². The van der Waals surface area contributed by atoms with E-state index in [-0.39, 0.29) is 5.97 Å². The van der Waals surface area contributed by atoms with Crippen molar-refractivity contribution >= 4 is 23.6 Å². The lowest BCUT2D eigenvalue weighted by molar-refractivity contribution is -0.139. The van der Waals surface area contributed by atoms with Gasteiger partial charge in [-0.05, 0) is 57.7 Å². The van der Waals surface area contributed by atoms with Crippen molar-refractivity contribution in [1.29, 1.82) is 0 Å². The maximum Gasteiger partial charge on any atom is 0.402 e. The predicted molar refractivity (Wildman–Crippen MR) is 117 cm³/mol. The average molecular weight is 416 g/mol. The van der Waals surface area contributed by atoms with Crippen LogP contribution in [0.15, 0.2) is 0 Å². The van der Waals surface area contributed by atoms with Gasteiger partial charge < -0.3 is 13.3 Å². The Labute approximate surface area is 170 Å². The summed E-state index contributed by atoms with van der Waals surface area (Å²) < 4.78 is 18.5. The molecule has 6 heteroatoms. The monoisotopic (exact) mass is 415 g/mol. The number of rotatable bonds is 13. The van der Waals surface area contributed by atoms with Gasteiger partial charge in [-0.1, -0.05) is 52.9 Å². The minimum atomic E-state index is -2.12. The second kappa shape index (κ2) is 12.4. The number of carbonyl (C=O) groups excluding carboxylic acids is 1. The third-order valence-corrected chi connectivity index (χ3v) is 14.1. The van der Waals surface area contributed by atoms with Crippen LogP contribution in [0.1, 0.15) is 92.9 Å². The quantitative estimate of drug-likeness (QED) is 0.328. The summed E-state index contributed by atoms with van der Waals surface area (Å²) in [4.78, 5) is 13.6. The van der Waals surface area contributed by atoms with Crippen molar-refractivity contribution in [1.82, 2.24) is 0 Å². The van der Waals surface area contributed by atoms with Crippen molar-refractivity contribution in [3.05, 3.63) is 0 Å². The molecule has 0 aliphatic heterocycles. The van der Waals surface area contributed by atoms with Gasteiger partial charge in [0.25, 0.3) is 14.3 Å². The van der Waals surface area contributed by atoms with Crippen molar-refractivity contribution in [2.45, 2.75) is 116 Å². The zero-order chi connectivity index (χ0) is 20.3. The minimum absolute atomic E-state index is 0.0417. The summed E-state index contributed by atoms with van der Waals surface area (Å²) >= 11 is 0. The Kier molecular flexibility index (Phi) is 11.4. The highest BCUT2D eigenvalue weighted by Crippen LogP contribution is 2.46. The van der Waals surface area contributed by atoms with E-state index >= 15 is 0 Å². The van der Waals surface area contributed by atoms with E-state index in [1.165, 1.54) is 32.1 Å². The van der Waals surface area contributed by atoms with Gasteiger partial charge in [0.05, 0.1) is 0 Å². The summed E-state index contributed by atoms with van der Waals surface area (Å²) in [6.45, 7) is 13.6. The van der Waals surface area contributed by atoms with Gasteiger partial charge in [0.15, 0.2) is 0 Å². The molecular formula is C21H43O4Si2. The lowest BCUT2D eigenvalue weighted by Gasteiger charge is -2.42. The van der Waals surface area contributed by atoms with E-state index in [9.17, 15) is 4.79 Å². The van der Waals surface area contributed by atoms with Crippen LogP contribution in [0.5, 0.6) is 0 Å². The maximum absolute atomic E-state index is 13.6. The molecule has 0 saturated heterocycles. The molecule has 27 heavy (non-hydrogen) atoms. The predicted octanol–water partition coefficient (Wildman–Crippen LogP) is 6.36. The van der Waals surface area contributed by atoms with E-state index in [1.54, 1.807) is 0 Å². The fraction of sp³-hybridized carbons (Fsp3) is 0.952. The molecule has 0 spiro atoms. The van der Waals surface area contributed by atoms with Gasteiger partial charge >= 0.3 is 9.28 Å². The molecular weight excluding hydrogens is 372 g/mol. The summed E-state index contributed by atoms with van der Waals surface area (Å²) in [5, 5.41) is -0.648. The van der Waals surface area contributed by atoms with Crippen molar-refractivity contribution < 1.29 is 18.1 Å². The zero-order valence-electron chi connectivity index (χ0n) is 18.7. The molecule has 0 aromatic heterocycles. The van der Waals surface area contributed by atoms with Crippen LogP contribution >= 0.6 is 0 Å². The first-order valence-corrected chi connectivity index (χ1v) is 15.0. The summed E-state index contributed by atoms with van der Waals surface area (Å²) in [5.74, 6) is -0.0417. The number of hydrogen-bond donors (Lipinski definition) is 0. The maximum atomic E-state index is 13.6. The third kappa shape index (κ3) is 6.41. The zero-order valence-corrected chi connectivity index (χ0v) is 20.7. The first-order chi connectivity index (χ1) is 12.9. The normalized spacial score (nSPS) is 18.5. The van der Waals surface area contributed by atoms with Gasteiger partial charge in [-0.2, -0.15) is 0 Å². The smallest absolute Gasteiger partial charge is 0.402 e. The Balaban J connectivity index is 3.13. The molecule has 1 unspecified atom stereocenters. The number of carbonyl (C=O) groups is 1. The van der Waals surface area contributed by atoms with Crippen LogP contribution in [0, 0.1) is 0 Å². The van der Waals surface area contributed by atoms with Crippen molar-refractivity contribution in [2.75, 3.05) is 13.2 Å². The Morgan fingerprint density at radius 1 is 0.963 bits per heavy atom. The highest BCUT2D eigenvalue weighted by molar-refractivity contribution is 6.77. The van der Waals surface area contributed by atoms with E-state index in [4.69, 9.17) is 13.3 Å². The Morgan fingerprint density at radius 3 is 1.89 bits per heavy atom. The van der Waals surface area contributed by atoms with Crippen molar-refractivity contribution in [3.63, 3.8) is 0 Å². The first kappa shape index (κ1) is 24.9. The molecule has 1 atom stereocenters. The molecule has 1 aliphatic rings. The minimum Gasteiger partial charge on any atom is -0.518 e. The molecule has 0 aromatic carbocycles. The van der Waals surface area contributed by atoms with Crippen molar-refractivity contribution in [2.24, 2.45) is 0 Å². The topological polar surface area (TPSA) is 44.8 Å². The molecule has 1 rings (SSSR count). The van der Waals surface area contributed by atoms with E-state index in [2.05, 4.69) is 20.8 Å². The van der Waals surface area contributed by atoms with E-state index in [0.29, 0.717) is 25.2 Å². The molecule has 0 aromatic rings. The second-order valence-electron chi connectivity index (χ2n) is 8.13. The molecule has 0 N–H and O–H groups in total. The summed E-state index contributed by atoms with van der Waals surface area (Å²) in [5.41, 5.74) is 0.631. The summed E-state index contributed by atoms with van der Waals surface area (Å²) in [6, 6.07) is 2.20. The van der Waals surface area contributed by atoms with E-state index in [0.717, 1.165) is 24.9 Å². The van der Waals surface area contributed by atoms with Gasteiger partial charge in [0, 0.05) is 13.2 Å². The third-order valence-electron chi connectivity index (χ3n) is 6.15. The standard InChI is InChI=1S/C21H43O4Si2/c1-7-17-27(18-8-2,19-15-13-12-14-16-19)25-20(22)21(6,9-3)26(23-10-4)24-11-5/h19H,7-18H2,1-6H3. The molecule has 1 saturated carbocycles. The highest BCUT2D eigenvalue weighted by Gasteiger charge is 2.52. The molecule has 159 valence electrons. The Morgan fingerprint density at radius 2 is 1.48 bits per heavy atom. The van der Waals surface area contributed by atoms with Gasteiger partial charge in [-0.15, -0.1) is 0 Å². The molecule has 1 radical (unpaired) electrons. The van der Waals surface area contributed by atoms with E-state index in [1.807, 2.05) is 20.8 Å². The van der Waals surface area contributed by atoms with Gasteiger partial charge in [0.1, 0.15) is 5.04 Å². The fourth-order valence-corrected chi connectivity index (χ4v) is 11.5. The molecule has 0 bridgehead atoms. The lowest BCUT2D eigenvalue weighted by Crippen LogP contribution is -2.51. The number of hydrogen-bond acceptors (Lipinski definition) is 4. The average Bonchev–Trinajstić information content (AvgIpc) is 2.68. The molecule has 0 amide bonds. The fourth-order valence-electron chi connectivity index (χ4n) is 4.49. The van der Waals surface area contributed by atoms with Crippen LogP contribution in [0.25, 0.3) is 0 Å². The summed E-state index contributed by atoms with van der Waals surface area (Å²) in [6.07, 6.45) is 9.33. The van der Waals surface area contributed by atoms with Crippen LogP contribution < -0.4 is 0 Å². The van der Waals surface area contributed by atoms with Gasteiger partial charge in [-0.25, -0.2) is 0 Å². The molecule has 0 heterocycles. The van der Waals surface area contributed by atoms with Crippen LogP contribution in [0.4, 0.5) is 0 Å². The van der Waals surface area contributed by atoms with Gasteiger partial charge in [0.2, 0.25) is 0 Å². The van der Waals surface area contributed by atoms with Crippen LogP contribution in [-0.2, 0) is 18.1 Å². The first-order valence-electron chi connectivity index (χ1n) is 11.3. The Hall–Kier alpha value is -0.176. The highest BCUT2D eigenvalue weighted by atomic mass is 28.4. The SMILES string of the molecule is CCC[Si](CCC)(OC(=O)C(C)(CC)[Si](OCC)OCC)C1CCCCC1. The molecule has 4 nitrogen and oxygen atoms in total. The lowest BCUT2D eigenvalue weighted by atomic mass is 10.0. The largest absolute Gasteiger partial charge is 0.518 e. The van der Waals surface area contributed by atoms with Crippen molar-refractivity contribution in [3.8, 4) is 0 Å². The second-order valence-corrected chi connectivity index (χ2v) is 14.5. The van der Waals surface area contributed by atoms with Crippen LogP contribution in [-0.4, -0.2) is 36.8 Å². The molecule has 1 aliphatic carbocycles. The van der Waals surface area contributed by atoms with Crippen LogP contribution in [0.2, 0.25) is 22.7 Å². The van der Waals surface area contributed by atoms with E-state index < -0.39 is 22.6 Å². The summed E-state index contributed by atoms with van der Waals surface area (Å²) in [7, 11) is -3.84. The molecule has 1 fully saturated rings. The Bertz CT molecular complexity index is 414.